The van der Waals surface area contributed by atoms with E-state index in [1.807, 2.05) is 34.6 Å². The van der Waals surface area contributed by atoms with Gasteiger partial charge in [-0.2, -0.15) is 0 Å². The monoisotopic (exact) mass is 290 g/mol. The van der Waals surface area contributed by atoms with Gasteiger partial charge in [0.1, 0.15) is 11.1 Å². The minimum absolute atomic E-state index is 0.00319. The van der Waals surface area contributed by atoms with Crippen LogP contribution in [-0.4, -0.2) is 19.3 Å². The molecular weight excluding hydrogens is 263 g/mol. The van der Waals surface area contributed by atoms with Gasteiger partial charge in [0.25, 0.3) is 0 Å². The van der Waals surface area contributed by atoms with Gasteiger partial charge in [-0.1, -0.05) is 6.08 Å². The van der Waals surface area contributed by atoms with Crippen LogP contribution in [0.5, 0.6) is 0 Å². The summed E-state index contributed by atoms with van der Waals surface area (Å²) in [6.07, 6.45) is 1.74. The number of ether oxygens (including phenoxy) is 1. The molecule has 0 N–H and O–H groups in total. The summed E-state index contributed by atoms with van der Waals surface area (Å²) in [5, 5.41) is 0.505. The highest BCUT2D eigenvalue weighted by Gasteiger charge is 2.33. The van der Waals surface area contributed by atoms with E-state index in [2.05, 4.69) is 0 Å². The van der Waals surface area contributed by atoms with Crippen molar-refractivity contribution in [2.45, 2.75) is 54.6 Å². The predicted molar refractivity (Wildman–Crippen MR) is 79.2 cm³/mol. The van der Waals surface area contributed by atoms with Gasteiger partial charge in [0.05, 0.1) is 19.3 Å². The van der Waals surface area contributed by atoms with E-state index in [0.717, 1.165) is 5.57 Å². The normalized spacial score (nSPS) is 12.7. The van der Waals surface area contributed by atoms with E-state index >= 15 is 0 Å². The highest BCUT2D eigenvalue weighted by molar-refractivity contribution is 7.58. The van der Waals surface area contributed by atoms with E-state index in [0.29, 0.717) is 24.3 Å². The number of rotatable bonds is 8. The lowest BCUT2D eigenvalue weighted by Gasteiger charge is -2.24. The third-order valence-electron chi connectivity index (χ3n) is 2.21. The maximum Gasteiger partial charge on any atom is 0.364 e. The van der Waals surface area contributed by atoms with Crippen LogP contribution in [0.2, 0.25) is 0 Å². The van der Waals surface area contributed by atoms with Gasteiger partial charge < -0.3 is 13.8 Å². The van der Waals surface area contributed by atoms with Crippen LogP contribution in [0.1, 0.15) is 48.5 Å². The first-order valence-electron chi connectivity index (χ1n) is 6.72. The second-order valence-electron chi connectivity index (χ2n) is 4.50. The van der Waals surface area contributed by atoms with Gasteiger partial charge in [-0.25, -0.2) is 0 Å². The Balaban J connectivity index is 5.60. The molecule has 0 rings (SSSR count). The standard InChI is InChI=1S/C14H27O4P/c1-8-13(14(11(4)5)18-12(6)7)19(15,16-9-2)17-10-3/h8,12H,9-10H2,1-7H3/b13-8+. The molecular formula is C14H27O4P. The fraction of sp³-hybridized carbons (Fsp3) is 0.714. The van der Waals surface area contributed by atoms with Crippen molar-refractivity contribution in [3.63, 3.8) is 0 Å². The van der Waals surface area contributed by atoms with Gasteiger partial charge in [-0.3, -0.25) is 4.57 Å². The van der Waals surface area contributed by atoms with Gasteiger partial charge >= 0.3 is 7.60 Å². The molecule has 112 valence electrons. The summed E-state index contributed by atoms with van der Waals surface area (Å²) >= 11 is 0. The van der Waals surface area contributed by atoms with Crippen LogP contribution in [-0.2, 0) is 18.3 Å². The molecule has 0 aromatic heterocycles. The summed E-state index contributed by atoms with van der Waals surface area (Å²) in [4.78, 5) is 0. The van der Waals surface area contributed by atoms with E-state index in [-0.39, 0.29) is 6.10 Å². The SMILES string of the molecule is C/C=C(\C(OC(C)C)=C(C)C)P(=O)(OCC)OCC. The third-order valence-corrected chi connectivity index (χ3v) is 4.45. The first kappa shape index (κ1) is 18.4. The molecule has 0 atom stereocenters. The fourth-order valence-electron chi connectivity index (χ4n) is 1.60. The largest absolute Gasteiger partial charge is 0.490 e. The van der Waals surface area contributed by atoms with Crippen LogP contribution < -0.4 is 0 Å². The molecule has 0 fully saturated rings. The summed E-state index contributed by atoms with van der Waals surface area (Å²) in [5.74, 6) is 0.600. The molecule has 19 heavy (non-hydrogen) atoms. The number of allylic oxidation sites excluding steroid dienone is 3. The van der Waals surface area contributed by atoms with Crippen molar-refractivity contribution >= 4 is 7.60 Å². The van der Waals surface area contributed by atoms with Crippen molar-refractivity contribution in [2.24, 2.45) is 0 Å². The molecule has 0 amide bonds. The minimum atomic E-state index is -3.32. The summed E-state index contributed by atoms with van der Waals surface area (Å²) in [6.45, 7) is 13.8. The van der Waals surface area contributed by atoms with Gasteiger partial charge in [-0.05, 0) is 54.0 Å². The molecule has 0 saturated heterocycles. The van der Waals surface area contributed by atoms with Gasteiger partial charge in [0.2, 0.25) is 0 Å². The Morgan fingerprint density at radius 2 is 1.63 bits per heavy atom. The third kappa shape index (κ3) is 5.52. The topological polar surface area (TPSA) is 44.8 Å². The van der Waals surface area contributed by atoms with Crippen molar-refractivity contribution < 1.29 is 18.3 Å². The number of hydrogen-bond donors (Lipinski definition) is 0. The first-order chi connectivity index (χ1) is 8.82. The lowest BCUT2D eigenvalue weighted by molar-refractivity contribution is 0.150. The average Bonchev–Trinajstić information content (AvgIpc) is 2.28. The first-order valence-corrected chi connectivity index (χ1v) is 8.27. The Morgan fingerprint density at radius 1 is 1.16 bits per heavy atom. The predicted octanol–water partition coefficient (Wildman–Crippen LogP) is 4.88. The van der Waals surface area contributed by atoms with Crippen LogP contribution in [0.3, 0.4) is 0 Å². The molecule has 0 aromatic rings. The molecule has 0 unspecified atom stereocenters. The van der Waals surface area contributed by atoms with Crippen molar-refractivity contribution in [2.75, 3.05) is 13.2 Å². The highest BCUT2D eigenvalue weighted by Crippen LogP contribution is 2.59. The van der Waals surface area contributed by atoms with Crippen LogP contribution in [0.15, 0.2) is 22.7 Å². The fourth-order valence-corrected chi connectivity index (χ4v) is 3.47. The smallest absolute Gasteiger partial charge is 0.364 e. The second kappa shape index (κ2) is 8.57. The molecule has 0 radical (unpaired) electrons. The molecule has 4 nitrogen and oxygen atoms in total. The van der Waals surface area contributed by atoms with E-state index in [1.165, 1.54) is 0 Å². The Kier molecular flexibility index (Phi) is 8.31. The maximum atomic E-state index is 12.8. The van der Waals surface area contributed by atoms with Crippen LogP contribution in [0.25, 0.3) is 0 Å². The summed E-state index contributed by atoms with van der Waals surface area (Å²) in [7, 11) is -3.32. The molecule has 5 heteroatoms. The van der Waals surface area contributed by atoms with Crippen LogP contribution >= 0.6 is 7.60 Å². The summed E-state index contributed by atoms with van der Waals surface area (Å²) < 4.78 is 29.4. The van der Waals surface area contributed by atoms with E-state index in [4.69, 9.17) is 13.8 Å². The van der Waals surface area contributed by atoms with Crippen molar-refractivity contribution in [1.29, 1.82) is 0 Å². The lowest BCUT2D eigenvalue weighted by Crippen LogP contribution is -2.09. The summed E-state index contributed by atoms with van der Waals surface area (Å²) in [5.41, 5.74) is 0.946. The van der Waals surface area contributed by atoms with Crippen molar-refractivity contribution in [3.8, 4) is 0 Å². The molecule has 0 aliphatic rings. The molecule has 0 saturated carbocycles. The molecule has 0 heterocycles. The van der Waals surface area contributed by atoms with Crippen LogP contribution in [0, 0.1) is 0 Å². The minimum Gasteiger partial charge on any atom is -0.490 e. The molecule has 0 bridgehead atoms. The quantitative estimate of drug-likeness (QED) is 0.363. The van der Waals surface area contributed by atoms with Gasteiger partial charge in [0.15, 0.2) is 0 Å². The zero-order valence-corrected chi connectivity index (χ0v) is 14.0. The molecule has 0 aliphatic carbocycles. The average molecular weight is 290 g/mol. The van der Waals surface area contributed by atoms with Gasteiger partial charge in [-0.15, -0.1) is 0 Å². The highest BCUT2D eigenvalue weighted by atomic mass is 31.2. The van der Waals surface area contributed by atoms with E-state index < -0.39 is 7.60 Å². The number of hydrogen-bond acceptors (Lipinski definition) is 4. The van der Waals surface area contributed by atoms with E-state index in [1.54, 1.807) is 19.9 Å². The zero-order valence-electron chi connectivity index (χ0n) is 13.1. The van der Waals surface area contributed by atoms with E-state index in [9.17, 15) is 4.57 Å². The van der Waals surface area contributed by atoms with Crippen molar-refractivity contribution in [1.82, 2.24) is 0 Å². The zero-order chi connectivity index (χ0) is 15.1. The summed E-state index contributed by atoms with van der Waals surface area (Å²) in [6, 6.07) is 0. The van der Waals surface area contributed by atoms with Crippen LogP contribution in [0.4, 0.5) is 0 Å². The molecule has 0 aromatic carbocycles. The van der Waals surface area contributed by atoms with Gasteiger partial charge in [0, 0.05) is 0 Å². The Hall–Kier alpha value is -0.570. The molecule has 0 aliphatic heterocycles. The molecule has 0 spiro atoms. The Bertz CT molecular complexity index is 369. The van der Waals surface area contributed by atoms with Crippen molar-refractivity contribution in [3.05, 3.63) is 22.7 Å². The Morgan fingerprint density at radius 3 is 1.89 bits per heavy atom. The Labute approximate surface area is 117 Å². The lowest BCUT2D eigenvalue weighted by atomic mass is 10.2. The maximum absolute atomic E-state index is 12.8. The second-order valence-corrected chi connectivity index (χ2v) is 6.50.